The van der Waals surface area contributed by atoms with E-state index >= 15 is 0 Å². The molecule has 108 valence electrons. The third kappa shape index (κ3) is 2.74. The van der Waals surface area contributed by atoms with E-state index in [1.807, 2.05) is 29.9 Å². The predicted octanol–water partition coefficient (Wildman–Crippen LogP) is 3.44. The van der Waals surface area contributed by atoms with Crippen LogP contribution in [0.1, 0.15) is 37.2 Å². The molecule has 0 aliphatic heterocycles. The van der Waals surface area contributed by atoms with Crippen LogP contribution in [-0.2, 0) is 25.4 Å². The van der Waals surface area contributed by atoms with Gasteiger partial charge in [-0.2, -0.15) is 5.10 Å². The molecule has 0 saturated carbocycles. The van der Waals surface area contributed by atoms with Crippen LogP contribution in [0.4, 0.5) is 0 Å². The summed E-state index contributed by atoms with van der Waals surface area (Å²) in [4.78, 5) is 0. The van der Waals surface area contributed by atoms with E-state index in [1.165, 1.54) is 0 Å². The predicted molar refractivity (Wildman–Crippen MR) is 83.9 cm³/mol. The van der Waals surface area contributed by atoms with E-state index in [0.29, 0.717) is 6.42 Å². The van der Waals surface area contributed by atoms with Gasteiger partial charge >= 0.3 is 0 Å². The molecule has 0 bridgehead atoms. The molecule has 1 aromatic carbocycles. The number of nitrogens with two attached hydrogens (primary N) is 1. The zero-order valence-corrected chi connectivity index (χ0v) is 13.1. The van der Waals surface area contributed by atoms with Gasteiger partial charge in [-0.25, -0.2) is 0 Å². The summed E-state index contributed by atoms with van der Waals surface area (Å²) in [6.07, 6.45) is 2.37. The first-order valence-electron chi connectivity index (χ1n) is 7.06. The average molecular weight is 292 g/mol. The van der Waals surface area contributed by atoms with Gasteiger partial charge in [0.15, 0.2) is 0 Å². The van der Waals surface area contributed by atoms with Crippen LogP contribution in [0, 0.1) is 0 Å². The lowest BCUT2D eigenvalue weighted by Gasteiger charge is -2.29. The fourth-order valence-corrected chi connectivity index (χ4v) is 2.87. The van der Waals surface area contributed by atoms with Gasteiger partial charge in [-0.3, -0.25) is 4.68 Å². The summed E-state index contributed by atoms with van der Waals surface area (Å²) in [5, 5.41) is 5.23. The fourth-order valence-electron chi connectivity index (χ4n) is 2.51. The Morgan fingerprint density at radius 2 is 1.90 bits per heavy atom. The first kappa shape index (κ1) is 15.1. The lowest BCUT2D eigenvalue weighted by molar-refractivity contribution is 0.412. The first-order valence-corrected chi connectivity index (χ1v) is 7.44. The molecule has 0 radical (unpaired) electrons. The van der Waals surface area contributed by atoms with Gasteiger partial charge in [0.25, 0.3) is 0 Å². The number of hydrogen-bond acceptors (Lipinski definition) is 2. The number of aromatic nitrogens is 2. The number of halogens is 1. The maximum atomic E-state index is 6.64. The summed E-state index contributed by atoms with van der Waals surface area (Å²) < 4.78 is 1.86. The monoisotopic (exact) mass is 291 g/mol. The Hall–Kier alpha value is -1.32. The number of nitrogens with zero attached hydrogens (tertiary/aromatic N) is 2. The average Bonchev–Trinajstić information content (AvgIpc) is 2.75. The van der Waals surface area contributed by atoms with E-state index in [4.69, 9.17) is 17.3 Å². The van der Waals surface area contributed by atoms with E-state index in [0.717, 1.165) is 34.8 Å². The molecule has 1 aromatic heterocycles. The fraction of sp³-hybridized carbons (Fsp3) is 0.438. The molecule has 0 aliphatic carbocycles. The second-order valence-electron chi connectivity index (χ2n) is 5.24. The third-order valence-electron chi connectivity index (χ3n) is 3.97. The second-order valence-corrected chi connectivity index (χ2v) is 5.61. The van der Waals surface area contributed by atoms with Crippen molar-refractivity contribution >= 4 is 11.6 Å². The molecule has 1 heterocycles. The standard InChI is InChI=1S/C16H22ClN3/c1-4-13-15(17)14(20(3)19-13)11-16(18,5-2)12-9-7-6-8-10-12/h6-10H,4-5,11,18H2,1-3H3. The SMILES string of the molecule is CCc1nn(C)c(CC(N)(CC)c2ccccc2)c1Cl. The van der Waals surface area contributed by atoms with Crippen LogP contribution in [-0.4, -0.2) is 9.78 Å². The van der Waals surface area contributed by atoms with Crippen molar-refractivity contribution in [3.05, 3.63) is 52.3 Å². The molecule has 0 fully saturated rings. The summed E-state index contributed by atoms with van der Waals surface area (Å²) >= 11 is 6.44. The number of benzene rings is 1. The second kappa shape index (κ2) is 5.98. The molecule has 0 aliphatic rings. The minimum absolute atomic E-state index is 0.413. The van der Waals surface area contributed by atoms with Crippen molar-refractivity contribution in [2.24, 2.45) is 12.8 Å². The highest BCUT2D eigenvalue weighted by molar-refractivity contribution is 6.31. The molecule has 2 rings (SSSR count). The van der Waals surface area contributed by atoms with E-state index in [1.54, 1.807) is 0 Å². The van der Waals surface area contributed by atoms with Gasteiger partial charge in [0.05, 0.1) is 16.4 Å². The summed E-state index contributed by atoms with van der Waals surface area (Å²) in [6.45, 7) is 4.17. The van der Waals surface area contributed by atoms with Crippen LogP contribution < -0.4 is 5.73 Å². The Balaban J connectivity index is 2.38. The van der Waals surface area contributed by atoms with Gasteiger partial charge in [0.1, 0.15) is 0 Å². The van der Waals surface area contributed by atoms with Crippen molar-refractivity contribution < 1.29 is 0 Å². The summed E-state index contributed by atoms with van der Waals surface area (Å²) in [7, 11) is 1.93. The van der Waals surface area contributed by atoms with E-state index in [-0.39, 0.29) is 0 Å². The molecule has 2 N–H and O–H groups in total. The molecule has 2 aromatic rings. The molecule has 1 unspecified atom stereocenters. The van der Waals surface area contributed by atoms with Gasteiger partial charge in [-0.05, 0) is 18.4 Å². The maximum Gasteiger partial charge on any atom is 0.0850 e. The summed E-state index contributed by atoms with van der Waals surface area (Å²) in [5.41, 5.74) is 9.31. The Morgan fingerprint density at radius 1 is 1.25 bits per heavy atom. The van der Waals surface area contributed by atoms with Crippen molar-refractivity contribution in [3.63, 3.8) is 0 Å². The third-order valence-corrected chi connectivity index (χ3v) is 4.40. The quantitative estimate of drug-likeness (QED) is 0.917. The van der Waals surface area contributed by atoms with Crippen LogP contribution in [0.3, 0.4) is 0 Å². The van der Waals surface area contributed by atoms with Gasteiger partial charge < -0.3 is 5.73 Å². The number of rotatable bonds is 5. The van der Waals surface area contributed by atoms with Gasteiger partial charge in [0.2, 0.25) is 0 Å². The molecular weight excluding hydrogens is 270 g/mol. The van der Waals surface area contributed by atoms with Gasteiger partial charge in [-0.15, -0.1) is 0 Å². The van der Waals surface area contributed by atoms with E-state index < -0.39 is 5.54 Å². The van der Waals surface area contributed by atoms with E-state index in [2.05, 4.69) is 31.1 Å². The molecule has 20 heavy (non-hydrogen) atoms. The summed E-state index contributed by atoms with van der Waals surface area (Å²) in [5.74, 6) is 0. The zero-order valence-electron chi connectivity index (χ0n) is 12.4. The molecule has 3 nitrogen and oxygen atoms in total. The van der Waals surface area contributed by atoms with Gasteiger partial charge in [0, 0.05) is 19.0 Å². The maximum absolute atomic E-state index is 6.64. The van der Waals surface area contributed by atoms with Crippen molar-refractivity contribution in [3.8, 4) is 0 Å². The highest BCUT2D eigenvalue weighted by Crippen LogP contribution is 2.30. The highest BCUT2D eigenvalue weighted by Gasteiger charge is 2.28. The van der Waals surface area contributed by atoms with Crippen molar-refractivity contribution in [2.45, 2.75) is 38.6 Å². The molecule has 0 saturated heterocycles. The molecular formula is C16H22ClN3. The Morgan fingerprint density at radius 3 is 2.40 bits per heavy atom. The van der Waals surface area contributed by atoms with Crippen LogP contribution >= 0.6 is 11.6 Å². The van der Waals surface area contributed by atoms with Crippen molar-refractivity contribution in [1.82, 2.24) is 9.78 Å². The van der Waals surface area contributed by atoms with Crippen LogP contribution in [0.25, 0.3) is 0 Å². The smallest absolute Gasteiger partial charge is 0.0850 e. The molecule has 0 amide bonds. The normalized spacial score (nSPS) is 14.2. The lowest BCUT2D eigenvalue weighted by Crippen LogP contribution is -2.39. The van der Waals surface area contributed by atoms with Crippen molar-refractivity contribution in [2.75, 3.05) is 0 Å². The molecule has 4 heteroatoms. The van der Waals surface area contributed by atoms with Crippen LogP contribution in [0.2, 0.25) is 5.02 Å². The Labute approximate surface area is 125 Å². The van der Waals surface area contributed by atoms with Gasteiger partial charge in [-0.1, -0.05) is 55.8 Å². The van der Waals surface area contributed by atoms with Crippen LogP contribution in [0.15, 0.2) is 30.3 Å². The highest BCUT2D eigenvalue weighted by atomic mass is 35.5. The van der Waals surface area contributed by atoms with Crippen molar-refractivity contribution in [1.29, 1.82) is 0 Å². The zero-order chi connectivity index (χ0) is 14.8. The topological polar surface area (TPSA) is 43.8 Å². The van der Waals surface area contributed by atoms with E-state index in [9.17, 15) is 0 Å². The lowest BCUT2D eigenvalue weighted by atomic mass is 9.84. The largest absolute Gasteiger partial charge is 0.321 e. The molecule has 1 atom stereocenters. The first-order chi connectivity index (χ1) is 9.51. The number of hydrogen-bond donors (Lipinski definition) is 1. The molecule has 0 spiro atoms. The summed E-state index contributed by atoms with van der Waals surface area (Å²) in [6, 6.07) is 10.2. The Kier molecular flexibility index (Phi) is 4.51. The minimum Gasteiger partial charge on any atom is -0.321 e. The Bertz CT molecular complexity index is 577. The van der Waals surface area contributed by atoms with Crippen LogP contribution in [0.5, 0.6) is 0 Å². The number of aryl methyl sites for hydroxylation is 2. The minimum atomic E-state index is -0.413.